The Bertz CT molecular complexity index is 328. The molecule has 17 heavy (non-hydrogen) atoms. The Kier molecular flexibility index (Phi) is 4.98. The van der Waals surface area contributed by atoms with Crippen molar-refractivity contribution in [3.63, 3.8) is 0 Å². The van der Waals surface area contributed by atoms with Crippen LogP contribution in [0.15, 0.2) is 0 Å². The van der Waals surface area contributed by atoms with Gasteiger partial charge in [0.2, 0.25) is 10.0 Å². The lowest BCUT2D eigenvalue weighted by Crippen LogP contribution is -2.29. The zero-order chi connectivity index (χ0) is 13.1. The van der Waals surface area contributed by atoms with Crippen molar-refractivity contribution in [3.05, 3.63) is 0 Å². The fourth-order valence-electron chi connectivity index (χ4n) is 2.28. The first-order valence-corrected chi connectivity index (χ1v) is 8.01. The molecule has 1 saturated carbocycles. The summed E-state index contributed by atoms with van der Waals surface area (Å²) in [7, 11) is -3.37. The first kappa shape index (κ1) is 14.9. The highest BCUT2D eigenvalue weighted by Crippen LogP contribution is 2.36. The summed E-state index contributed by atoms with van der Waals surface area (Å²) >= 11 is 0. The van der Waals surface area contributed by atoms with Crippen molar-refractivity contribution in [2.75, 3.05) is 12.4 Å². The van der Waals surface area contributed by atoms with Crippen LogP contribution in [0.3, 0.4) is 0 Å². The highest BCUT2D eigenvalue weighted by atomic mass is 32.2. The summed E-state index contributed by atoms with van der Waals surface area (Å²) in [6, 6.07) is 0. The molecule has 1 unspecified atom stereocenters. The second-order valence-corrected chi connectivity index (χ2v) is 7.79. The predicted molar refractivity (Wildman–Crippen MR) is 69.1 cm³/mol. The lowest BCUT2D eigenvalue weighted by atomic mass is 9.76. The Balaban J connectivity index is 2.24. The van der Waals surface area contributed by atoms with E-state index in [9.17, 15) is 8.42 Å². The number of rotatable bonds is 5. The van der Waals surface area contributed by atoms with Crippen molar-refractivity contribution in [2.45, 2.75) is 52.6 Å². The zero-order valence-corrected chi connectivity index (χ0v) is 11.9. The maximum absolute atomic E-state index is 10.9. The fourth-order valence-corrected chi connectivity index (χ4v) is 3.17. The van der Waals surface area contributed by atoms with Gasteiger partial charge in [0.1, 0.15) is 0 Å². The molecule has 1 aliphatic rings. The smallest absolute Gasteiger partial charge is 0.209 e. The van der Waals surface area contributed by atoms with Gasteiger partial charge >= 0.3 is 0 Å². The summed E-state index contributed by atoms with van der Waals surface area (Å²) in [5, 5.41) is 5.00. The first-order valence-electron chi connectivity index (χ1n) is 6.30. The molecule has 0 radical (unpaired) electrons. The lowest BCUT2D eigenvalue weighted by molar-refractivity contribution is -0.00705. The molecule has 1 fully saturated rings. The van der Waals surface area contributed by atoms with Gasteiger partial charge in [0, 0.05) is 0 Å². The number of nitrogens with two attached hydrogens (primary N) is 1. The van der Waals surface area contributed by atoms with Crippen LogP contribution in [0.2, 0.25) is 0 Å². The van der Waals surface area contributed by atoms with Gasteiger partial charge in [0.25, 0.3) is 0 Å². The third-order valence-corrected chi connectivity index (χ3v) is 4.45. The first-order chi connectivity index (χ1) is 7.68. The second-order valence-electron chi connectivity index (χ2n) is 6.13. The Morgan fingerprint density at radius 2 is 1.88 bits per heavy atom. The van der Waals surface area contributed by atoms with Gasteiger partial charge in [-0.3, -0.25) is 0 Å². The van der Waals surface area contributed by atoms with Crippen LogP contribution in [0.25, 0.3) is 0 Å². The SMILES string of the molecule is CC(COC1CCC(C)(C)CC1)CS(N)(=O)=O. The van der Waals surface area contributed by atoms with Crippen LogP contribution < -0.4 is 5.14 Å². The van der Waals surface area contributed by atoms with E-state index in [1.165, 1.54) is 12.8 Å². The van der Waals surface area contributed by atoms with Crippen molar-refractivity contribution in [1.82, 2.24) is 0 Å². The number of hydrogen-bond acceptors (Lipinski definition) is 3. The van der Waals surface area contributed by atoms with Crippen LogP contribution in [0, 0.1) is 11.3 Å². The molecule has 5 heteroatoms. The molecule has 4 nitrogen and oxygen atoms in total. The molecule has 2 N–H and O–H groups in total. The Morgan fingerprint density at radius 1 is 1.35 bits per heavy atom. The van der Waals surface area contributed by atoms with Gasteiger partial charge in [0.15, 0.2) is 0 Å². The van der Waals surface area contributed by atoms with Gasteiger partial charge in [0.05, 0.1) is 18.5 Å². The van der Waals surface area contributed by atoms with Crippen molar-refractivity contribution >= 4 is 10.0 Å². The van der Waals surface area contributed by atoms with Crippen LogP contribution in [-0.4, -0.2) is 26.9 Å². The summed E-state index contributed by atoms with van der Waals surface area (Å²) in [4.78, 5) is 0. The van der Waals surface area contributed by atoms with Crippen molar-refractivity contribution in [1.29, 1.82) is 0 Å². The number of primary sulfonamides is 1. The topological polar surface area (TPSA) is 69.4 Å². The third kappa shape index (κ3) is 6.38. The normalized spacial score (nSPS) is 23.5. The largest absolute Gasteiger partial charge is 0.378 e. The molecule has 102 valence electrons. The molecule has 0 saturated heterocycles. The molecular formula is C12H25NO3S. The van der Waals surface area contributed by atoms with Gasteiger partial charge in [-0.15, -0.1) is 0 Å². The molecular weight excluding hydrogens is 238 g/mol. The molecule has 0 aliphatic heterocycles. The molecule has 1 aliphatic carbocycles. The Labute approximate surface area is 105 Å². The van der Waals surface area contributed by atoms with Gasteiger partial charge in [-0.25, -0.2) is 13.6 Å². The van der Waals surface area contributed by atoms with E-state index in [0.29, 0.717) is 18.1 Å². The second kappa shape index (κ2) is 5.67. The predicted octanol–water partition coefficient (Wildman–Crippen LogP) is 1.90. The van der Waals surface area contributed by atoms with Crippen LogP contribution in [-0.2, 0) is 14.8 Å². The van der Waals surface area contributed by atoms with E-state index in [2.05, 4.69) is 13.8 Å². The summed E-state index contributed by atoms with van der Waals surface area (Å²) < 4.78 is 27.6. The standard InChI is InChI=1S/C12H25NO3S/c1-10(9-17(13,14)15)8-16-11-4-6-12(2,3)7-5-11/h10-11H,4-9H2,1-3H3,(H2,13,14,15). The Morgan fingerprint density at radius 3 is 2.35 bits per heavy atom. The average Bonchev–Trinajstić information content (AvgIpc) is 2.13. The van der Waals surface area contributed by atoms with E-state index in [1.807, 2.05) is 6.92 Å². The third-order valence-electron chi connectivity index (χ3n) is 3.42. The van der Waals surface area contributed by atoms with Crippen LogP contribution in [0.5, 0.6) is 0 Å². The molecule has 0 bridgehead atoms. The van der Waals surface area contributed by atoms with Crippen molar-refractivity contribution < 1.29 is 13.2 Å². The van der Waals surface area contributed by atoms with Crippen LogP contribution in [0.4, 0.5) is 0 Å². The highest BCUT2D eigenvalue weighted by molar-refractivity contribution is 7.89. The van der Waals surface area contributed by atoms with Crippen LogP contribution in [0.1, 0.15) is 46.5 Å². The van der Waals surface area contributed by atoms with E-state index in [0.717, 1.165) is 12.8 Å². The van der Waals surface area contributed by atoms with Crippen LogP contribution >= 0.6 is 0 Å². The van der Waals surface area contributed by atoms with E-state index in [-0.39, 0.29) is 11.7 Å². The molecule has 0 heterocycles. The summed E-state index contributed by atoms with van der Waals surface area (Å²) in [5.41, 5.74) is 0.437. The van der Waals surface area contributed by atoms with Crippen molar-refractivity contribution in [2.24, 2.45) is 16.5 Å². The molecule has 0 aromatic rings. The quantitative estimate of drug-likeness (QED) is 0.823. The lowest BCUT2D eigenvalue weighted by Gasteiger charge is -2.34. The molecule has 1 atom stereocenters. The molecule has 0 spiro atoms. The Hall–Kier alpha value is -0.130. The van der Waals surface area contributed by atoms with E-state index < -0.39 is 10.0 Å². The van der Waals surface area contributed by atoms with Gasteiger partial charge in [-0.2, -0.15) is 0 Å². The van der Waals surface area contributed by atoms with E-state index in [1.54, 1.807) is 0 Å². The average molecular weight is 263 g/mol. The maximum Gasteiger partial charge on any atom is 0.209 e. The maximum atomic E-state index is 10.9. The molecule has 0 amide bonds. The summed E-state index contributed by atoms with van der Waals surface area (Å²) in [6.45, 7) is 6.92. The van der Waals surface area contributed by atoms with Gasteiger partial charge in [-0.05, 0) is 37.0 Å². The molecule has 0 aromatic heterocycles. The summed E-state index contributed by atoms with van der Waals surface area (Å²) in [6.07, 6.45) is 4.82. The fraction of sp³-hybridized carbons (Fsp3) is 1.00. The number of sulfonamides is 1. The zero-order valence-electron chi connectivity index (χ0n) is 11.1. The van der Waals surface area contributed by atoms with Gasteiger partial charge < -0.3 is 4.74 Å². The van der Waals surface area contributed by atoms with Gasteiger partial charge in [-0.1, -0.05) is 20.8 Å². The van der Waals surface area contributed by atoms with E-state index in [4.69, 9.17) is 9.88 Å². The summed E-state index contributed by atoms with van der Waals surface area (Å²) in [5.74, 6) is -0.0227. The number of ether oxygens (including phenoxy) is 1. The molecule has 1 rings (SSSR count). The highest BCUT2D eigenvalue weighted by Gasteiger charge is 2.27. The minimum atomic E-state index is -3.37. The minimum Gasteiger partial charge on any atom is -0.378 e. The monoisotopic (exact) mass is 263 g/mol. The molecule has 0 aromatic carbocycles. The number of hydrogen-bond donors (Lipinski definition) is 1. The van der Waals surface area contributed by atoms with Crippen molar-refractivity contribution in [3.8, 4) is 0 Å². The minimum absolute atomic E-state index is 0.00517. The van der Waals surface area contributed by atoms with E-state index >= 15 is 0 Å².